The third kappa shape index (κ3) is 10.3. The number of carbonyl (C=O) groups is 1. The van der Waals surface area contributed by atoms with Gasteiger partial charge in [0.15, 0.2) is 0 Å². The van der Waals surface area contributed by atoms with Crippen molar-refractivity contribution in [3.63, 3.8) is 0 Å². The van der Waals surface area contributed by atoms with Crippen molar-refractivity contribution in [2.75, 3.05) is 25.2 Å². The highest BCUT2D eigenvalue weighted by Gasteiger charge is 2.08. The van der Waals surface area contributed by atoms with Gasteiger partial charge in [-0.25, -0.2) is 0 Å². The predicted molar refractivity (Wildman–Crippen MR) is 70.9 cm³/mol. The van der Waals surface area contributed by atoms with Crippen LogP contribution in [0.2, 0.25) is 0 Å². The number of hydrogen-bond acceptors (Lipinski definition) is 4. The number of rotatable bonds is 10. The topological polar surface area (TPSA) is 38.3 Å². The standard InChI is InChI=1S/C12H25NO2S/c1-4-15-12(14)10-11(2)13-8-6-5-7-9-16-3/h11,13H,4-10H2,1-3H3. The number of unbranched alkanes of at least 4 members (excludes halogenated alkanes) is 2. The molecule has 0 aliphatic carbocycles. The van der Waals surface area contributed by atoms with Crippen LogP contribution in [0.15, 0.2) is 0 Å². The van der Waals surface area contributed by atoms with Gasteiger partial charge >= 0.3 is 5.97 Å². The summed E-state index contributed by atoms with van der Waals surface area (Å²) in [7, 11) is 0. The van der Waals surface area contributed by atoms with Crippen molar-refractivity contribution >= 4 is 17.7 Å². The van der Waals surface area contributed by atoms with E-state index in [2.05, 4.69) is 11.6 Å². The Morgan fingerprint density at radius 2 is 2.12 bits per heavy atom. The number of thioether (sulfide) groups is 1. The first-order valence-electron chi connectivity index (χ1n) is 6.08. The molecule has 1 N–H and O–H groups in total. The Morgan fingerprint density at radius 3 is 2.75 bits per heavy atom. The third-order valence-corrected chi connectivity index (χ3v) is 2.99. The molecular formula is C12H25NO2S. The van der Waals surface area contributed by atoms with Crippen LogP contribution in [-0.2, 0) is 9.53 Å². The highest BCUT2D eigenvalue weighted by Crippen LogP contribution is 2.02. The van der Waals surface area contributed by atoms with E-state index < -0.39 is 0 Å². The van der Waals surface area contributed by atoms with Crippen molar-refractivity contribution in [1.82, 2.24) is 5.32 Å². The fourth-order valence-corrected chi connectivity index (χ4v) is 1.93. The molecule has 3 nitrogen and oxygen atoms in total. The molecule has 0 radical (unpaired) electrons. The predicted octanol–water partition coefficient (Wildman–Crippen LogP) is 2.45. The summed E-state index contributed by atoms with van der Waals surface area (Å²) in [6.07, 6.45) is 6.35. The zero-order valence-corrected chi connectivity index (χ0v) is 11.6. The zero-order valence-electron chi connectivity index (χ0n) is 10.8. The molecular weight excluding hydrogens is 222 g/mol. The molecule has 0 bridgehead atoms. The van der Waals surface area contributed by atoms with Crippen LogP contribution in [-0.4, -0.2) is 37.2 Å². The SMILES string of the molecule is CCOC(=O)CC(C)NCCCCCSC. The highest BCUT2D eigenvalue weighted by molar-refractivity contribution is 7.98. The minimum Gasteiger partial charge on any atom is -0.466 e. The van der Waals surface area contributed by atoms with Gasteiger partial charge in [-0.15, -0.1) is 0 Å². The van der Waals surface area contributed by atoms with Gasteiger partial charge in [0.1, 0.15) is 0 Å². The molecule has 0 aliphatic rings. The van der Waals surface area contributed by atoms with Gasteiger partial charge < -0.3 is 10.1 Å². The monoisotopic (exact) mass is 247 g/mol. The van der Waals surface area contributed by atoms with Crippen LogP contribution in [0, 0.1) is 0 Å². The molecule has 16 heavy (non-hydrogen) atoms. The van der Waals surface area contributed by atoms with Crippen LogP contribution < -0.4 is 5.32 Å². The maximum Gasteiger partial charge on any atom is 0.307 e. The lowest BCUT2D eigenvalue weighted by atomic mass is 10.2. The number of carbonyl (C=O) groups excluding carboxylic acids is 1. The summed E-state index contributed by atoms with van der Waals surface area (Å²) in [6.45, 7) is 5.33. The molecule has 0 aliphatic heterocycles. The molecule has 0 amide bonds. The molecule has 0 fully saturated rings. The molecule has 0 aromatic rings. The molecule has 0 saturated carbocycles. The number of esters is 1. The molecule has 1 atom stereocenters. The summed E-state index contributed by atoms with van der Waals surface area (Å²) < 4.78 is 4.89. The Kier molecular flexibility index (Phi) is 11.1. The van der Waals surface area contributed by atoms with Crippen LogP contribution in [0.5, 0.6) is 0 Å². The van der Waals surface area contributed by atoms with Crippen LogP contribution in [0.1, 0.15) is 39.5 Å². The van der Waals surface area contributed by atoms with Gasteiger partial charge in [0.2, 0.25) is 0 Å². The van der Waals surface area contributed by atoms with Gasteiger partial charge in [0.25, 0.3) is 0 Å². The normalized spacial score (nSPS) is 12.4. The van der Waals surface area contributed by atoms with Crippen molar-refractivity contribution in [3.8, 4) is 0 Å². The Hall–Kier alpha value is -0.220. The maximum atomic E-state index is 11.2. The quantitative estimate of drug-likeness (QED) is 0.475. The van der Waals surface area contributed by atoms with Crippen molar-refractivity contribution < 1.29 is 9.53 Å². The smallest absolute Gasteiger partial charge is 0.307 e. The summed E-state index contributed by atoms with van der Waals surface area (Å²) in [5, 5.41) is 3.34. The van der Waals surface area contributed by atoms with Crippen LogP contribution >= 0.6 is 11.8 Å². The van der Waals surface area contributed by atoms with Gasteiger partial charge in [-0.1, -0.05) is 6.42 Å². The van der Waals surface area contributed by atoms with Crippen LogP contribution in [0.3, 0.4) is 0 Å². The largest absolute Gasteiger partial charge is 0.466 e. The van der Waals surface area contributed by atoms with Crippen molar-refractivity contribution in [2.24, 2.45) is 0 Å². The molecule has 0 rings (SSSR count). The molecule has 0 aromatic heterocycles. The van der Waals surface area contributed by atoms with Gasteiger partial charge in [-0.05, 0) is 45.2 Å². The van der Waals surface area contributed by atoms with E-state index in [1.807, 2.05) is 25.6 Å². The number of hydrogen-bond donors (Lipinski definition) is 1. The minimum absolute atomic E-state index is 0.107. The van der Waals surface area contributed by atoms with E-state index in [9.17, 15) is 4.79 Å². The molecule has 0 heterocycles. The second-order valence-electron chi connectivity index (χ2n) is 3.92. The summed E-state index contributed by atoms with van der Waals surface area (Å²) in [4.78, 5) is 11.2. The maximum absolute atomic E-state index is 11.2. The lowest BCUT2D eigenvalue weighted by molar-refractivity contribution is -0.143. The zero-order chi connectivity index (χ0) is 12.2. The first kappa shape index (κ1) is 15.8. The van der Waals surface area contributed by atoms with E-state index in [0.717, 1.165) is 6.54 Å². The molecule has 4 heteroatoms. The minimum atomic E-state index is -0.107. The summed E-state index contributed by atoms with van der Waals surface area (Å²) in [5.74, 6) is 1.14. The third-order valence-electron chi connectivity index (χ3n) is 2.30. The molecule has 96 valence electrons. The Bertz CT molecular complexity index is 176. The summed E-state index contributed by atoms with van der Waals surface area (Å²) >= 11 is 1.90. The van der Waals surface area contributed by atoms with E-state index in [1.165, 1.54) is 25.0 Å². The van der Waals surface area contributed by atoms with Gasteiger partial charge in [0, 0.05) is 6.04 Å². The molecule has 0 saturated heterocycles. The Labute approximate surface area is 104 Å². The summed E-state index contributed by atoms with van der Waals surface area (Å²) in [6, 6.07) is 0.222. The van der Waals surface area contributed by atoms with Crippen LogP contribution in [0.25, 0.3) is 0 Å². The van der Waals surface area contributed by atoms with Crippen molar-refractivity contribution in [3.05, 3.63) is 0 Å². The second-order valence-corrected chi connectivity index (χ2v) is 4.90. The lowest BCUT2D eigenvalue weighted by Crippen LogP contribution is -2.30. The second kappa shape index (κ2) is 11.3. The first-order valence-corrected chi connectivity index (χ1v) is 7.48. The fraction of sp³-hybridized carbons (Fsp3) is 0.917. The Balaban J connectivity index is 3.29. The molecule has 1 unspecified atom stereocenters. The van der Waals surface area contributed by atoms with Crippen molar-refractivity contribution in [2.45, 2.75) is 45.6 Å². The van der Waals surface area contributed by atoms with E-state index in [4.69, 9.17) is 4.74 Å². The van der Waals surface area contributed by atoms with E-state index >= 15 is 0 Å². The molecule has 0 spiro atoms. The summed E-state index contributed by atoms with van der Waals surface area (Å²) in [5.41, 5.74) is 0. The first-order chi connectivity index (χ1) is 7.70. The van der Waals surface area contributed by atoms with E-state index in [-0.39, 0.29) is 12.0 Å². The van der Waals surface area contributed by atoms with E-state index in [0.29, 0.717) is 13.0 Å². The van der Waals surface area contributed by atoms with Gasteiger partial charge in [-0.3, -0.25) is 4.79 Å². The fourth-order valence-electron chi connectivity index (χ4n) is 1.44. The van der Waals surface area contributed by atoms with E-state index in [1.54, 1.807) is 0 Å². The average Bonchev–Trinajstić information content (AvgIpc) is 2.23. The lowest BCUT2D eigenvalue weighted by Gasteiger charge is -2.12. The van der Waals surface area contributed by atoms with Gasteiger partial charge in [-0.2, -0.15) is 11.8 Å². The van der Waals surface area contributed by atoms with Crippen molar-refractivity contribution in [1.29, 1.82) is 0 Å². The average molecular weight is 247 g/mol. The van der Waals surface area contributed by atoms with Gasteiger partial charge in [0.05, 0.1) is 13.0 Å². The number of ether oxygens (including phenoxy) is 1. The highest BCUT2D eigenvalue weighted by atomic mass is 32.2. The number of nitrogens with one attached hydrogen (secondary N) is 1. The Morgan fingerprint density at radius 1 is 1.38 bits per heavy atom. The molecule has 0 aromatic carbocycles. The van der Waals surface area contributed by atoms with Crippen LogP contribution in [0.4, 0.5) is 0 Å².